The first-order chi connectivity index (χ1) is 8.51. The van der Waals surface area contributed by atoms with Crippen LogP contribution in [0.5, 0.6) is 5.75 Å². The standard InChI is InChI=1S/C12H16N2O4/c1-8(2)17-12(16)14-9-5-4-6-10(7-9)18-11(15)13-3/h4-8H,1-3H3,(H,13,15)(H,14,16). The lowest BCUT2D eigenvalue weighted by atomic mass is 10.3. The lowest BCUT2D eigenvalue weighted by Gasteiger charge is -2.10. The van der Waals surface area contributed by atoms with Crippen LogP contribution in [0.1, 0.15) is 13.8 Å². The van der Waals surface area contributed by atoms with Crippen LogP contribution >= 0.6 is 0 Å². The molecule has 6 heteroatoms. The van der Waals surface area contributed by atoms with E-state index in [4.69, 9.17) is 9.47 Å². The predicted molar refractivity (Wildman–Crippen MR) is 66.8 cm³/mol. The normalized spacial score (nSPS) is 9.78. The molecule has 2 amide bonds. The van der Waals surface area contributed by atoms with Crippen molar-refractivity contribution in [3.63, 3.8) is 0 Å². The number of amides is 2. The Hall–Kier alpha value is -2.24. The van der Waals surface area contributed by atoms with Gasteiger partial charge in [-0.25, -0.2) is 9.59 Å². The lowest BCUT2D eigenvalue weighted by molar-refractivity contribution is 0.130. The molecule has 0 atom stereocenters. The van der Waals surface area contributed by atoms with E-state index in [1.165, 1.54) is 13.1 Å². The monoisotopic (exact) mass is 252 g/mol. The number of carbonyl (C=O) groups excluding carboxylic acids is 2. The van der Waals surface area contributed by atoms with E-state index in [9.17, 15) is 9.59 Å². The van der Waals surface area contributed by atoms with Crippen molar-refractivity contribution >= 4 is 17.9 Å². The Morgan fingerprint density at radius 3 is 2.56 bits per heavy atom. The van der Waals surface area contributed by atoms with E-state index in [0.29, 0.717) is 11.4 Å². The van der Waals surface area contributed by atoms with Crippen LogP contribution in [-0.2, 0) is 4.74 Å². The summed E-state index contributed by atoms with van der Waals surface area (Å²) in [5, 5.41) is 4.86. The molecule has 0 aromatic heterocycles. The second-order valence-electron chi connectivity index (χ2n) is 3.75. The molecular weight excluding hydrogens is 236 g/mol. The summed E-state index contributed by atoms with van der Waals surface area (Å²) >= 11 is 0. The van der Waals surface area contributed by atoms with Crippen LogP contribution in [0.4, 0.5) is 15.3 Å². The van der Waals surface area contributed by atoms with Gasteiger partial charge in [-0.15, -0.1) is 0 Å². The minimum Gasteiger partial charge on any atom is -0.447 e. The van der Waals surface area contributed by atoms with Gasteiger partial charge in [0.15, 0.2) is 0 Å². The maximum absolute atomic E-state index is 11.4. The van der Waals surface area contributed by atoms with Crippen molar-refractivity contribution in [3.8, 4) is 5.75 Å². The highest BCUT2D eigenvalue weighted by Gasteiger charge is 2.07. The zero-order valence-corrected chi connectivity index (χ0v) is 10.5. The van der Waals surface area contributed by atoms with Crippen molar-refractivity contribution in [2.24, 2.45) is 0 Å². The van der Waals surface area contributed by atoms with E-state index in [1.807, 2.05) is 0 Å². The highest BCUT2D eigenvalue weighted by molar-refractivity contribution is 5.85. The summed E-state index contributed by atoms with van der Waals surface area (Å²) in [5.74, 6) is 0.330. The lowest BCUT2D eigenvalue weighted by Crippen LogP contribution is -2.22. The average molecular weight is 252 g/mol. The zero-order chi connectivity index (χ0) is 13.5. The molecule has 0 fully saturated rings. The van der Waals surface area contributed by atoms with E-state index < -0.39 is 12.2 Å². The SMILES string of the molecule is CNC(=O)Oc1cccc(NC(=O)OC(C)C)c1. The minimum absolute atomic E-state index is 0.199. The van der Waals surface area contributed by atoms with Crippen molar-refractivity contribution in [1.29, 1.82) is 0 Å². The highest BCUT2D eigenvalue weighted by Crippen LogP contribution is 2.17. The Kier molecular flexibility index (Phi) is 4.98. The maximum Gasteiger partial charge on any atom is 0.412 e. The summed E-state index contributed by atoms with van der Waals surface area (Å²) < 4.78 is 9.85. The number of carbonyl (C=O) groups is 2. The highest BCUT2D eigenvalue weighted by atomic mass is 16.6. The molecular formula is C12H16N2O4. The Labute approximate surface area is 105 Å². The first-order valence-electron chi connectivity index (χ1n) is 5.48. The van der Waals surface area contributed by atoms with E-state index in [2.05, 4.69) is 10.6 Å². The van der Waals surface area contributed by atoms with Gasteiger partial charge in [-0.05, 0) is 26.0 Å². The molecule has 0 bridgehead atoms. The van der Waals surface area contributed by atoms with Gasteiger partial charge in [0.25, 0.3) is 0 Å². The fourth-order valence-electron chi connectivity index (χ4n) is 1.16. The molecule has 1 aromatic rings. The molecule has 0 aliphatic heterocycles. The molecule has 0 saturated carbocycles. The van der Waals surface area contributed by atoms with Crippen LogP contribution in [-0.4, -0.2) is 25.3 Å². The van der Waals surface area contributed by atoms with Gasteiger partial charge in [-0.3, -0.25) is 5.32 Å². The number of ether oxygens (including phenoxy) is 2. The van der Waals surface area contributed by atoms with Crippen LogP contribution in [0.25, 0.3) is 0 Å². The summed E-state index contributed by atoms with van der Waals surface area (Å²) in [6.07, 6.45) is -1.32. The largest absolute Gasteiger partial charge is 0.447 e. The third-order valence-corrected chi connectivity index (χ3v) is 1.84. The third-order valence-electron chi connectivity index (χ3n) is 1.84. The van der Waals surface area contributed by atoms with Crippen molar-refractivity contribution in [1.82, 2.24) is 5.32 Å². The molecule has 1 rings (SSSR count). The smallest absolute Gasteiger partial charge is 0.412 e. The van der Waals surface area contributed by atoms with Crippen molar-refractivity contribution < 1.29 is 19.1 Å². The molecule has 6 nitrogen and oxygen atoms in total. The third kappa shape index (κ3) is 4.73. The molecule has 0 unspecified atom stereocenters. The molecule has 0 spiro atoms. The second-order valence-corrected chi connectivity index (χ2v) is 3.75. The number of benzene rings is 1. The fourth-order valence-corrected chi connectivity index (χ4v) is 1.16. The molecule has 18 heavy (non-hydrogen) atoms. The van der Waals surface area contributed by atoms with Gasteiger partial charge in [0.1, 0.15) is 5.75 Å². The summed E-state index contributed by atoms with van der Waals surface area (Å²) in [6.45, 7) is 3.51. The summed E-state index contributed by atoms with van der Waals surface area (Å²) in [5.41, 5.74) is 0.488. The quantitative estimate of drug-likeness (QED) is 0.865. The Morgan fingerprint density at radius 2 is 1.94 bits per heavy atom. The van der Waals surface area contributed by atoms with Crippen molar-refractivity contribution in [3.05, 3.63) is 24.3 Å². The first-order valence-corrected chi connectivity index (χ1v) is 5.48. The molecule has 0 aliphatic rings. The van der Waals surface area contributed by atoms with Crippen molar-refractivity contribution in [2.45, 2.75) is 20.0 Å². The maximum atomic E-state index is 11.4. The molecule has 98 valence electrons. The average Bonchev–Trinajstić information content (AvgIpc) is 2.28. The Bertz CT molecular complexity index is 432. The van der Waals surface area contributed by atoms with Crippen LogP contribution < -0.4 is 15.4 Å². The topological polar surface area (TPSA) is 76.7 Å². The van der Waals surface area contributed by atoms with Crippen LogP contribution in [0, 0.1) is 0 Å². The number of rotatable bonds is 3. The zero-order valence-electron chi connectivity index (χ0n) is 10.5. The number of nitrogens with one attached hydrogen (secondary N) is 2. The first kappa shape index (κ1) is 13.8. The molecule has 0 aliphatic carbocycles. The summed E-state index contributed by atoms with van der Waals surface area (Å²) in [4.78, 5) is 22.4. The van der Waals surface area contributed by atoms with Gasteiger partial charge in [-0.1, -0.05) is 6.07 Å². The van der Waals surface area contributed by atoms with E-state index in [-0.39, 0.29) is 6.10 Å². The van der Waals surface area contributed by atoms with Crippen molar-refractivity contribution in [2.75, 3.05) is 12.4 Å². The number of hydrogen-bond acceptors (Lipinski definition) is 4. The van der Waals surface area contributed by atoms with Gasteiger partial charge in [0.05, 0.1) is 6.10 Å². The van der Waals surface area contributed by atoms with Gasteiger partial charge in [-0.2, -0.15) is 0 Å². The van der Waals surface area contributed by atoms with Crippen LogP contribution in [0.2, 0.25) is 0 Å². The molecule has 1 aromatic carbocycles. The van der Waals surface area contributed by atoms with E-state index in [1.54, 1.807) is 32.0 Å². The minimum atomic E-state index is -0.572. The van der Waals surface area contributed by atoms with Gasteiger partial charge in [0.2, 0.25) is 0 Å². The van der Waals surface area contributed by atoms with Crippen LogP contribution in [0.15, 0.2) is 24.3 Å². The van der Waals surface area contributed by atoms with E-state index >= 15 is 0 Å². The van der Waals surface area contributed by atoms with Gasteiger partial charge in [0, 0.05) is 18.8 Å². The molecule has 0 saturated heterocycles. The number of anilines is 1. The fraction of sp³-hybridized carbons (Fsp3) is 0.333. The molecule has 0 heterocycles. The second kappa shape index (κ2) is 6.48. The van der Waals surface area contributed by atoms with E-state index in [0.717, 1.165) is 0 Å². The molecule has 2 N–H and O–H groups in total. The van der Waals surface area contributed by atoms with Crippen LogP contribution in [0.3, 0.4) is 0 Å². The number of hydrogen-bond donors (Lipinski definition) is 2. The summed E-state index contributed by atoms with van der Waals surface area (Å²) in [6, 6.07) is 6.45. The van der Waals surface area contributed by atoms with Gasteiger partial charge >= 0.3 is 12.2 Å². The molecule has 0 radical (unpaired) electrons. The van der Waals surface area contributed by atoms with Gasteiger partial charge < -0.3 is 14.8 Å². The Balaban J connectivity index is 2.64. The summed E-state index contributed by atoms with van der Waals surface area (Å²) in [7, 11) is 1.46. The predicted octanol–water partition coefficient (Wildman–Crippen LogP) is 2.36. The Morgan fingerprint density at radius 1 is 1.22 bits per heavy atom.